The van der Waals surface area contributed by atoms with E-state index < -0.39 is 0 Å². The number of esters is 2. The Morgan fingerprint density at radius 1 is 1.26 bits per heavy atom. The molecule has 0 spiro atoms. The van der Waals surface area contributed by atoms with Crippen LogP contribution < -0.4 is 0 Å². The van der Waals surface area contributed by atoms with Crippen molar-refractivity contribution >= 4 is 11.9 Å². The standard InChI is InChI=1S/C19H30O4/c1-13(12-23-15(3)21)17-7-8-18-16(9-11-22-14(2)20)6-5-10-19(17,18)4/h9,13,17-18H,5-8,10-12H2,1-4H3/b16-9+. The molecule has 0 aromatic rings. The topological polar surface area (TPSA) is 52.6 Å². The molecule has 4 nitrogen and oxygen atoms in total. The second-order valence-electron chi connectivity index (χ2n) is 7.46. The van der Waals surface area contributed by atoms with Crippen molar-refractivity contribution in [3.63, 3.8) is 0 Å². The Morgan fingerprint density at radius 2 is 1.96 bits per heavy atom. The van der Waals surface area contributed by atoms with Gasteiger partial charge in [-0.1, -0.05) is 19.4 Å². The van der Waals surface area contributed by atoms with Crippen molar-refractivity contribution in [2.24, 2.45) is 23.2 Å². The summed E-state index contributed by atoms with van der Waals surface area (Å²) in [7, 11) is 0. The zero-order valence-electron chi connectivity index (χ0n) is 14.9. The molecule has 2 aliphatic rings. The fourth-order valence-electron chi connectivity index (χ4n) is 4.89. The summed E-state index contributed by atoms with van der Waals surface area (Å²) in [6.07, 6.45) is 8.05. The first-order chi connectivity index (χ1) is 10.8. The number of hydrogen-bond donors (Lipinski definition) is 0. The van der Waals surface area contributed by atoms with Gasteiger partial charge in [-0.2, -0.15) is 0 Å². The zero-order chi connectivity index (χ0) is 17.0. The maximum Gasteiger partial charge on any atom is 0.302 e. The van der Waals surface area contributed by atoms with Crippen molar-refractivity contribution in [3.05, 3.63) is 11.6 Å². The molecule has 23 heavy (non-hydrogen) atoms. The molecule has 2 rings (SSSR count). The minimum atomic E-state index is -0.222. The van der Waals surface area contributed by atoms with Crippen molar-refractivity contribution in [3.8, 4) is 0 Å². The molecule has 0 saturated heterocycles. The van der Waals surface area contributed by atoms with Crippen molar-refractivity contribution < 1.29 is 19.1 Å². The average Bonchev–Trinajstić information content (AvgIpc) is 2.82. The number of carbonyl (C=O) groups is 2. The molecule has 4 atom stereocenters. The van der Waals surface area contributed by atoms with Crippen LogP contribution in [0.5, 0.6) is 0 Å². The van der Waals surface area contributed by atoms with Crippen LogP contribution in [0, 0.1) is 23.2 Å². The molecule has 0 amide bonds. The van der Waals surface area contributed by atoms with E-state index in [1.54, 1.807) is 0 Å². The van der Waals surface area contributed by atoms with E-state index in [0.29, 0.717) is 31.0 Å². The smallest absolute Gasteiger partial charge is 0.302 e. The third-order valence-corrected chi connectivity index (χ3v) is 5.91. The van der Waals surface area contributed by atoms with Crippen molar-refractivity contribution in [2.45, 2.75) is 59.8 Å². The highest BCUT2D eigenvalue weighted by Gasteiger charge is 2.50. The SMILES string of the molecule is CC(=O)OC/C=C1\CCCC2(C)C1CCC2C(C)COC(C)=O. The highest BCUT2D eigenvalue weighted by molar-refractivity contribution is 5.66. The molecular formula is C19H30O4. The number of fused-ring (bicyclic) bond motifs is 1. The minimum Gasteiger partial charge on any atom is -0.466 e. The number of carbonyl (C=O) groups excluding carboxylic acids is 2. The van der Waals surface area contributed by atoms with E-state index in [9.17, 15) is 9.59 Å². The second-order valence-corrected chi connectivity index (χ2v) is 7.46. The third-order valence-electron chi connectivity index (χ3n) is 5.91. The third kappa shape index (κ3) is 4.15. The Kier molecular flexibility index (Phi) is 5.88. The zero-order valence-corrected chi connectivity index (χ0v) is 14.9. The van der Waals surface area contributed by atoms with Crippen LogP contribution in [-0.2, 0) is 19.1 Å². The molecular weight excluding hydrogens is 292 g/mol. The molecule has 0 bridgehead atoms. The molecule has 4 heteroatoms. The summed E-state index contributed by atoms with van der Waals surface area (Å²) in [5.41, 5.74) is 1.74. The van der Waals surface area contributed by atoms with E-state index in [1.807, 2.05) is 0 Å². The molecule has 0 aromatic heterocycles. The van der Waals surface area contributed by atoms with Gasteiger partial charge in [-0.25, -0.2) is 0 Å². The molecule has 130 valence electrons. The van der Waals surface area contributed by atoms with Gasteiger partial charge in [-0.15, -0.1) is 0 Å². The summed E-state index contributed by atoms with van der Waals surface area (Å²) in [6.45, 7) is 8.45. The van der Waals surface area contributed by atoms with Gasteiger partial charge in [0, 0.05) is 13.8 Å². The van der Waals surface area contributed by atoms with Gasteiger partial charge in [0.1, 0.15) is 6.61 Å². The number of allylic oxidation sites excluding steroid dienone is 1. The van der Waals surface area contributed by atoms with Crippen molar-refractivity contribution in [1.29, 1.82) is 0 Å². The Morgan fingerprint density at radius 3 is 2.61 bits per heavy atom. The predicted octanol–water partition coefficient (Wildman–Crippen LogP) is 3.89. The Balaban J connectivity index is 2.05. The maximum absolute atomic E-state index is 11.1. The van der Waals surface area contributed by atoms with Crippen LogP contribution in [0.25, 0.3) is 0 Å². The molecule has 2 saturated carbocycles. The van der Waals surface area contributed by atoms with E-state index in [-0.39, 0.29) is 17.4 Å². The van der Waals surface area contributed by atoms with Gasteiger partial charge in [-0.05, 0) is 61.3 Å². The number of ether oxygens (including phenoxy) is 2. The Hall–Kier alpha value is -1.32. The summed E-state index contributed by atoms with van der Waals surface area (Å²) in [5, 5.41) is 0. The van der Waals surface area contributed by atoms with Gasteiger partial charge < -0.3 is 9.47 Å². The Labute approximate surface area is 139 Å². The van der Waals surface area contributed by atoms with E-state index >= 15 is 0 Å². The van der Waals surface area contributed by atoms with Gasteiger partial charge in [0.15, 0.2) is 0 Å². The van der Waals surface area contributed by atoms with E-state index in [4.69, 9.17) is 9.47 Å². The van der Waals surface area contributed by atoms with E-state index in [1.165, 1.54) is 45.1 Å². The number of hydrogen-bond acceptors (Lipinski definition) is 4. The largest absolute Gasteiger partial charge is 0.466 e. The monoisotopic (exact) mass is 322 g/mol. The fraction of sp³-hybridized carbons (Fsp3) is 0.789. The van der Waals surface area contributed by atoms with Crippen molar-refractivity contribution in [2.75, 3.05) is 13.2 Å². The first kappa shape index (κ1) is 18.0. The van der Waals surface area contributed by atoms with Crippen LogP contribution in [0.3, 0.4) is 0 Å². The van der Waals surface area contributed by atoms with E-state index in [0.717, 1.165) is 6.42 Å². The predicted molar refractivity (Wildman–Crippen MR) is 88.7 cm³/mol. The summed E-state index contributed by atoms with van der Waals surface area (Å²) in [5.74, 6) is 1.14. The minimum absolute atomic E-state index is 0.192. The van der Waals surface area contributed by atoms with Crippen molar-refractivity contribution in [1.82, 2.24) is 0 Å². The summed E-state index contributed by atoms with van der Waals surface area (Å²) < 4.78 is 10.3. The molecule has 2 aliphatic carbocycles. The average molecular weight is 322 g/mol. The second kappa shape index (κ2) is 7.50. The number of rotatable bonds is 5. The highest BCUT2D eigenvalue weighted by Crippen LogP contribution is 2.59. The maximum atomic E-state index is 11.1. The molecule has 0 aromatic carbocycles. The molecule has 0 heterocycles. The van der Waals surface area contributed by atoms with Gasteiger partial charge >= 0.3 is 11.9 Å². The highest BCUT2D eigenvalue weighted by atomic mass is 16.5. The fourth-order valence-corrected chi connectivity index (χ4v) is 4.89. The van der Waals surface area contributed by atoms with Crippen LogP contribution in [0.2, 0.25) is 0 Å². The summed E-state index contributed by atoms with van der Waals surface area (Å²) >= 11 is 0. The summed E-state index contributed by atoms with van der Waals surface area (Å²) in [6, 6.07) is 0. The lowest BCUT2D eigenvalue weighted by Gasteiger charge is -2.44. The van der Waals surface area contributed by atoms with E-state index in [2.05, 4.69) is 19.9 Å². The lowest BCUT2D eigenvalue weighted by Crippen LogP contribution is -2.37. The van der Waals surface area contributed by atoms with Crippen LogP contribution in [0.4, 0.5) is 0 Å². The van der Waals surface area contributed by atoms with Crippen LogP contribution >= 0.6 is 0 Å². The van der Waals surface area contributed by atoms with Gasteiger partial charge in [0.2, 0.25) is 0 Å². The first-order valence-corrected chi connectivity index (χ1v) is 8.80. The summed E-state index contributed by atoms with van der Waals surface area (Å²) in [4.78, 5) is 22.0. The molecule has 0 radical (unpaired) electrons. The lowest BCUT2D eigenvalue weighted by molar-refractivity contribution is -0.143. The lowest BCUT2D eigenvalue weighted by atomic mass is 9.61. The normalized spacial score (nSPS) is 33.1. The molecule has 0 aliphatic heterocycles. The molecule has 2 fully saturated rings. The quantitative estimate of drug-likeness (QED) is 0.569. The van der Waals surface area contributed by atoms with Crippen LogP contribution in [-0.4, -0.2) is 25.2 Å². The van der Waals surface area contributed by atoms with Gasteiger partial charge in [0.25, 0.3) is 0 Å². The van der Waals surface area contributed by atoms with Gasteiger partial charge in [0.05, 0.1) is 6.61 Å². The first-order valence-electron chi connectivity index (χ1n) is 8.80. The Bertz CT molecular complexity index is 482. The van der Waals surface area contributed by atoms with Gasteiger partial charge in [-0.3, -0.25) is 9.59 Å². The van der Waals surface area contributed by atoms with Crippen LogP contribution in [0.1, 0.15) is 59.8 Å². The van der Waals surface area contributed by atoms with Crippen LogP contribution in [0.15, 0.2) is 11.6 Å². The molecule has 0 N–H and O–H groups in total. The molecule has 4 unspecified atom stereocenters.